The van der Waals surface area contributed by atoms with Gasteiger partial charge in [0.1, 0.15) is 6.54 Å². The SMILES string of the molecule is O=C(NCC(F)(F)F)Nc1ccc(C(=O)O)cc1Cl. The summed E-state index contributed by atoms with van der Waals surface area (Å²) >= 11 is 5.68. The fourth-order valence-electron chi connectivity index (χ4n) is 1.10. The number of carboxylic acids is 1. The lowest BCUT2D eigenvalue weighted by molar-refractivity contribution is -0.122. The Hall–Kier alpha value is -1.96. The maximum Gasteiger partial charge on any atom is 0.405 e. The van der Waals surface area contributed by atoms with Gasteiger partial charge in [0.25, 0.3) is 0 Å². The first-order valence-electron chi connectivity index (χ1n) is 4.83. The van der Waals surface area contributed by atoms with Crippen LogP contribution in [-0.2, 0) is 0 Å². The van der Waals surface area contributed by atoms with Crippen molar-refractivity contribution in [2.45, 2.75) is 6.18 Å². The molecule has 1 aromatic rings. The van der Waals surface area contributed by atoms with Crippen molar-refractivity contribution in [3.8, 4) is 0 Å². The summed E-state index contributed by atoms with van der Waals surface area (Å²) in [4.78, 5) is 21.7. The summed E-state index contributed by atoms with van der Waals surface area (Å²) in [6.45, 7) is -1.48. The maximum atomic E-state index is 11.8. The lowest BCUT2D eigenvalue weighted by atomic mass is 10.2. The molecule has 9 heteroatoms. The number of alkyl halides is 3. The highest BCUT2D eigenvalue weighted by molar-refractivity contribution is 6.34. The van der Waals surface area contributed by atoms with Gasteiger partial charge in [0.05, 0.1) is 16.3 Å². The van der Waals surface area contributed by atoms with E-state index in [2.05, 4.69) is 5.32 Å². The summed E-state index contributed by atoms with van der Waals surface area (Å²) in [5.41, 5.74) is -0.0995. The molecule has 0 aliphatic heterocycles. The number of hydrogen-bond acceptors (Lipinski definition) is 2. The third-order valence-electron chi connectivity index (χ3n) is 1.91. The number of benzene rings is 1. The van der Waals surface area contributed by atoms with Gasteiger partial charge in [-0.15, -0.1) is 0 Å². The zero-order chi connectivity index (χ0) is 14.6. The average Bonchev–Trinajstić information content (AvgIpc) is 2.28. The van der Waals surface area contributed by atoms with E-state index in [1.54, 1.807) is 5.32 Å². The van der Waals surface area contributed by atoms with Gasteiger partial charge < -0.3 is 15.7 Å². The van der Waals surface area contributed by atoms with Crippen molar-refractivity contribution in [2.24, 2.45) is 0 Å². The second-order valence-corrected chi connectivity index (χ2v) is 3.83. The highest BCUT2D eigenvalue weighted by atomic mass is 35.5. The van der Waals surface area contributed by atoms with Gasteiger partial charge in [-0.3, -0.25) is 0 Å². The molecule has 0 spiro atoms. The summed E-state index contributed by atoms with van der Waals surface area (Å²) in [6.07, 6.45) is -4.52. The smallest absolute Gasteiger partial charge is 0.405 e. The third kappa shape index (κ3) is 5.04. The van der Waals surface area contributed by atoms with E-state index in [1.807, 2.05) is 0 Å². The number of carbonyl (C=O) groups is 2. The summed E-state index contributed by atoms with van der Waals surface area (Å²) in [6, 6.07) is 2.32. The second kappa shape index (κ2) is 5.79. The van der Waals surface area contributed by atoms with Gasteiger partial charge in [-0.1, -0.05) is 11.6 Å². The summed E-state index contributed by atoms with van der Waals surface area (Å²) in [7, 11) is 0. The van der Waals surface area contributed by atoms with Crippen molar-refractivity contribution in [1.82, 2.24) is 5.32 Å². The van der Waals surface area contributed by atoms with E-state index in [9.17, 15) is 22.8 Å². The van der Waals surface area contributed by atoms with Crippen LogP contribution in [0.1, 0.15) is 10.4 Å². The molecular weight excluding hydrogens is 289 g/mol. The highest BCUT2D eigenvalue weighted by Crippen LogP contribution is 2.23. The van der Waals surface area contributed by atoms with Crippen LogP contribution in [0.3, 0.4) is 0 Å². The minimum atomic E-state index is -4.52. The Kier molecular flexibility index (Phi) is 4.60. The number of anilines is 1. The van der Waals surface area contributed by atoms with Crippen LogP contribution in [0.4, 0.5) is 23.7 Å². The van der Waals surface area contributed by atoms with E-state index >= 15 is 0 Å². The van der Waals surface area contributed by atoms with Crippen LogP contribution in [0.5, 0.6) is 0 Å². The van der Waals surface area contributed by atoms with Gasteiger partial charge in [-0.2, -0.15) is 13.2 Å². The monoisotopic (exact) mass is 296 g/mol. The molecule has 0 saturated carbocycles. The number of rotatable bonds is 3. The van der Waals surface area contributed by atoms with Crippen LogP contribution in [0.15, 0.2) is 18.2 Å². The molecule has 0 aliphatic carbocycles. The van der Waals surface area contributed by atoms with Gasteiger partial charge in [0, 0.05) is 0 Å². The molecule has 0 aromatic heterocycles. The number of carbonyl (C=O) groups excluding carboxylic acids is 1. The molecule has 19 heavy (non-hydrogen) atoms. The lowest BCUT2D eigenvalue weighted by Gasteiger charge is -2.11. The number of amides is 2. The number of hydrogen-bond donors (Lipinski definition) is 3. The predicted octanol–water partition coefficient (Wildman–Crippen LogP) is 2.72. The molecule has 1 rings (SSSR count). The topological polar surface area (TPSA) is 78.4 Å². The molecule has 5 nitrogen and oxygen atoms in total. The minimum absolute atomic E-state index is 0.00587. The van der Waals surface area contributed by atoms with Gasteiger partial charge in [0.2, 0.25) is 0 Å². The highest BCUT2D eigenvalue weighted by Gasteiger charge is 2.27. The van der Waals surface area contributed by atoms with Crippen molar-refractivity contribution in [2.75, 3.05) is 11.9 Å². The largest absolute Gasteiger partial charge is 0.478 e. The van der Waals surface area contributed by atoms with Crippen molar-refractivity contribution < 1.29 is 27.9 Å². The fraction of sp³-hybridized carbons (Fsp3) is 0.200. The first kappa shape index (κ1) is 15.1. The maximum absolute atomic E-state index is 11.8. The molecule has 3 N–H and O–H groups in total. The molecule has 1 aromatic carbocycles. The zero-order valence-corrected chi connectivity index (χ0v) is 9.97. The van der Waals surface area contributed by atoms with E-state index in [4.69, 9.17) is 16.7 Å². The molecule has 0 heterocycles. The van der Waals surface area contributed by atoms with Crippen LogP contribution in [0.2, 0.25) is 5.02 Å². The minimum Gasteiger partial charge on any atom is -0.478 e. The Morgan fingerprint density at radius 1 is 1.32 bits per heavy atom. The Morgan fingerprint density at radius 2 is 1.95 bits per heavy atom. The van der Waals surface area contributed by atoms with Gasteiger partial charge in [0.15, 0.2) is 0 Å². The lowest BCUT2D eigenvalue weighted by Crippen LogP contribution is -2.36. The van der Waals surface area contributed by atoms with E-state index in [0.29, 0.717) is 0 Å². The van der Waals surface area contributed by atoms with Crippen LogP contribution >= 0.6 is 11.6 Å². The van der Waals surface area contributed by atoms with Crippen LogP contribution in [0, 0.1) is 0 Å². The molecular formula is C10H8ClF3N2O3. The molecule has 0 unspecified atom stereocenters. The van der Waals surface area contributed by atoms with Crippen molar-refractivity contribution in [3.63, 3.8) is 0 Å². The Morgan fingerprint density at radius 3 is 2.42 bits per heavy atom. The number of halogens is 4. The summed E-state index contributed by atoms with van der Waals surface area (Å²) < 4.78 is 35.5. The normalized spacial score (nSPS) is 10.9. The van der Waals surface area contributed by atoms with E-state index in [-0.39, 0.29) is 16.3 Å². The van der Waals surface area contributed by atoms with E-state index in [1.165, 1.54) is 6.07 Å². The molecule has 0 saturated heterocycles. The van der Waals surface area contributed by atoms with Crippen molar-refractivity contribution in [3.05, 3.63) is 28.8 Å². The summed E-state index contributed by atoms with van der Waals surface area (Å²) in [5.74, 6) is -1.21. The zero-order valence-electron chi connectivity index (χ0n) is 9.21. The number of carboxylic acid groups (broad SMARTS) is 1. The average molecular weight is 297 g/mol. The Labute approximate surface area is 110 Å². The van der Waals surface area contributed by atoms with E-state index in [0.717, 1.165) is 12.1 Å². The standard InChI is InChI=1S/C10H8ClF3N2O3/c11-6-3-5(8(17)18)1-2-7(6)16-9(19)15-4-10(12,13)14/h1-3H,4H2,(H,17,18)(H2,15,16,19). The number of urea groups is 1. The van der Waals surface area contributed by atoms with Crippen LogP contribution in [0.25, 0.3) is 0 Å². The quantitative estimate of drug-likeness (QED) is 0.802. The first-order valence-corrected chi connectivity index (χ1v) is 5.21. The van der Waals surface area contributed by atoms with Crippen LogP contribution < -0.4 is 10.6 Å². The summed E-state index contributed by atoms with van der Waals surface area (Å²) in [5, 5.41) is 12.2. The Balaban J connectivity index is 2.67. The van der Waals surface area contributed by atoms with Gasteiger partial charge in [-0.25, -0.2) is 9.59 Å². The molecule has 104 valence electrons. The predicted molar refractivity (Wildman–Crippen MR) is 61.5 cm³/mol. The molecule has 2 amide bonds. The molecule has 0 atom stereocenters. The van der Waals surface area contributed by atoms with Crippen LogP contribution in [-0.4, -0.2) is 29.8 Å². The second-order valence-electron chi connectivity index (χ2n) is 3.42. The number of aromatic carboxylic acids is 1. The van der Waals surface area contributed by atoms with Crippen molar-refractivity contribution in [1.29, 1.82) is 0 Å². The van der Waals surface area contributed by atoms with E-state index < -0.39 is 24.7 Å². The Bertz CT molecular complexity index is 505. The van der Waals surface area contributed by atoms with Gasteiger partial charge >= 0.3 is 18.2 Å². The van der Waals surface area contributed by atoms with Gasteiger partial charge in [-0.05, 0) is 18.2 Å². The number of nitrogens with one attached hydrogen (secondary N) is 2. The first-order chi connectivity index (χ1) is 8.69. The molecule has 0 fully saturated rings. The molecule has 0 bridgehead atoms. The van der Waals surface area contributed by atoms with Crippen molar-refractivity contribution >= 4 is 29.3 Å². The molecule has 0 aliphatic rings. The molecule has 0 radical (unpaired) electrons. The third-order valence-corrected chi connectivity index (χ3v) is 2.23. The fourth-order valence-corrected chi connectivity index (χ4v) is 1.32.